The van der Waals surface area contributed by atoms with Crippen molar-refractivity contribution in [3.63, 3.8) is 0 Å². The summed E-state index contributed by atoms with van der Waals surface area (Å²) < 4.78 is 5.98. The van der Waals surface area contributed by atoms with Crippen LogP contribution in [-0.4, -0.2) is 17.1 Å². The molecule has 0 fully saturated rings. The summed E-state index contributed by atoms with van der Waals surface area (Å²) in [6.07, 6.45) is 3.56. The Hall–Kier alpha value is -0.780. The van der Waals surface area contributed by atoms with E-state index < -0.39 is 0 Å². The van der Waals surface area contributed by atoms with Crippen LogP contribution in [0.25, 0.3) is 10.6 Å². The van der Waals surface area contributed by atoms with Crippen LogP contribution in [0.2, 0.25) is 0 Å². The van der Waals surface area contributed by atoms with E-state index in [1.54, 1.807) is 30.8 Å². The molecule has 0 atom stereocenters. The molecule has 0 N–H and O–H groups in total. The van der Waals surface area contributed by atoms with E-state index in [0.717, 1.165) is 20.7 Å². The lowest BCUT2D eigenvalue weighted by atomic mass is 10.3. The highest BCUT2D eigenvalue weighted by Crippen LogP contribution is 2.25. The number of hydrogen-bond acceptors (Lipinski definition) is 4. The number of methoxy groups -OCH3 is 1. The molecule has 2 heterocycles. The topological polar surface area (TPSA) is 35.0 Å². The molecule has 2 aromatic rings. The van der Waals surface area contributed by atoms with Crippen LogP contribution in [0, 0.1) is 0 Å². The third-order valence-corrected chi connectivity index (χ3v) is 3.17. The van der Waals surface area contributed by atoms with Gasteiger partial charge in [0, 0.05) is 34.9 Å². The number of halogens is 1. The maximum atomic E-state index is 5.02. The van der Waals surface area contributed by atoms with Gasteiger partial charge in [-0.2, -0.15) is 0 Å². The van der Waals surface area contributed by atoms with Gasteiger partial charge in [0.2, 0.25) is 0 Å². The lowest BCUT2D eigenvalue weighted by Gasteiger charge is -1.96. The first-order chi connectivity index (χ1) is 7.29. The smallest absolute Gasteiger partial charge is 0.125 e. The normalized spacial score (nSPS) is 10.5. The van der Waals surface area contributed by atoms with E-state index in [9.17, 15) is 0 Å². The summed E-state index contributed by atoms with van der Waals surface area (Å²) in [5.41, 5.74) is 1.98. The molecule has 0 bridgehead atoms. The monoisotopic (exact) mass is 284 g/mol. The highest BCUT2D eigenvalue weighted by atomic mass is 79.9. The number of rotatable bonds is 3. The number of pyridine rings is 1. The molecule has 0 saturated carbocycles. The second-order valence-electron chi connectivity index (χ2n) is 2.97. The molecule has 5 heteroatoms. The fraction of sp³-hybridized carbons (Fsp3) is 0.200. The van der Waals surface area contributed by atoms with Gasteiger partial charge >= 0.3 is 0 Å². The standard InChI is InChI=1S/C10H9BrN2OS/c1-14-5-9-6-15-10(13-9)7-2-8(11)4-12-3-7/h2-4,6H,5H2,1H3. The highest BCUT2D eigenvalue weighted by molar-refractivity contribution is 9.10. The molecule has 0 unspecified atom stereocenters. The lowest BCUT2D eigenvalue weighted by molar-refractivity contribution is 0.182. The van der Waals surface area contributed by atoms with Crippen molar-refractivity contribution < 1.29 is 4.74 Å². The molecule has 2 rings (SSSR count). The molecule has 0 amide bonds. The Morgan fingerprint density at radius 2 is 2.33 bits per heavy atom. The highest BCUT2D eigenvalue weighted by Gasteiger charge is 2.05. The second kappa shape index (κ2) is 4.83. The van der Waals surface area contributed by atoms with Crippen LogP contribution < -0.4 is 0 Å². The summed E-state index contributed by atoms with van der Waals surface area (Å²) in [6.45, 7) is 0.554. The van der Waals surface area contributed by atoms with Crippen LogP contribution in [0.15, 0.2) is 28.3 Å². The maximum Gasteiger partial charge on any atom is 0.125 e. The van der Waals surface area contributed by atoms with Crippen molar-refractivity contribution in [1.82, 2.24) is 9.97 Å². The average Bonchev–Trinajstić information content (AvgIpc) is 2.67. The Kier molecular flexibility index (Phi) is 3.45. The second-order valence-corrected chi connectivity index (χ2v) is 4.74. The first kappa shape index (κ1) is 10.7. The van der Waals surface area contributed by atoms with Crippen molar-refractivity contribution >= 4 is 27.3 Å². The number of nitrogens with zero attached hydrogens (tertiary/aromatic N) is 2. The van der Waals surface area contributed by atoms with Gasteiger partial charge in [0.15, 0.2) is 0 Å². The lowest BCUT2D eigenvalue weighted by Crippen LogP contribution is -1.87. The summed E-state index contributed by atoms with van der Waals surface area (Å²) in [4.78, 5) is 8.55. The fourth-order valence-electron chi connectivity index (χ4n) is 1.18. The predicted molar refractivity (Wildman–Crippen MR) is 63.8 cm³/mol. The summed E-state index contributed by atoms with van der Waals surface area (Å²) >= 11 is 4.99. The number of ether oxygens (including phenoxy) is 1. The molecule has 2 aromatic heterocycles. The van der Waals surface area contributed by atoms with Gasteiger partial charge in [0.1, 0.15) is 5.01 Å². The van der Waals surface area contributed by atoms with Gasteiger partial charge < -0.3 is 4.74 Å². The predicted octanol–water partition coefficient (Wildman–Crippen LogP) is 3.11. The molecule has 0 radical (unpaired) electrons. The van der Waals surface area contributed by atoms with E-state index in [4.69, 9.17) is 4.74 Å². The Morgan fingerprint density at radius 1 is 1.47 bits per heavy atom. The van der Waals surface area contributed by atoms with E-state index in [1.807, 2.05) is 11.4 Å². The van der Waals surface area contributed by atoms with Crippen LogP contribution in [0.5, 0.6) is 0 Å². The first-order valence-corrected chi connectivity index (χ1v) is 6.01. The maximum absolute atomic E-state index is 5.02. The molecule has 0 aliphatic heterocycles. The molecular weight excluding hydrogens is 276 g/mol. The zero-order valence-corrected chi connectivity index (χ0v) is 10.5. The van der Waals surface area contributed by atoms with Crippen molar-refractivity contribution in [1.29, 1.82) is 0 Å². The van der Waals surface area contributed by atoms with Crippen LogP contribution in [0.4, 0.5) is 0 Å². The quantitative estimate of drug-likeness (QED) is 0.869. The van der Waals surface area contributed by atoms with Crippen molar-refractivity contribution in [2.24, 2.45) is 0 Å². The summed E-state index contributed by atoms with van der Waals surface area (Å²) in [5, 5.41) is 2.97. The molecular formula is C10H9BrN2OS. The summed E-state index contributed by atoms with van der Waals surface area (Å²) in [7, 11) is 1.67. The number of thiazole rings is 1. The van der Waals surface area contributed by atoms with Crippen LogP contribution in [-0.2, 0) is 11.3 Å². The first-order valence-electron chi connectivity index (χ1n) is 4.34. The van der Waals surface area contributed by atoms with E-state index >= 15 is 0 Å². The summed E-state index contributed by atoms with van der Waals surface area (Å²) in [5.74, 6) is 0. The molecule has 15 heavy (non-hydrogen) atoms. The minimum Gasteiger partial charge on any atom is -0.378 e. The van der Waals surface area contributed by atoms with E-state index in [0.29, 0.717) is 6.61 Å². The van der Waals surface area contributed by atoms with Gasteiger partial charge in [0.05, 0.1) is 12.3 Å². The number of hydrogen-bond donors (Lipinski definition) is 0. The molecule has 0 aliphatic carbocycles. The molecule has 0 aromatic carbocycles. The zero-order valence-electron chi connectivity index (χ0n) is 8.11. The Morgan fingerprint density at radius 3 is 3.07 bits per heavy atom. The minimum absolute atomic E-state index is 0.554. The molecule has 0 spiro atoms. The van der Waals surface area contributed by atoms with Crippen LogP contribution >= 0.6 is 27.3 Å². The Labute approximate surface area is 100 Å². The minimum atomic E-state index is 0.554. The Balaban J connectivity index is 2.29. The van der Waals surface area contributed by atoms with Crippen molar-refractivity contribution in [2.75, 3.05) is 7.11 Å². The van der Waals surface area contributed by atoms with E-state index in [2.05, 4.69) is 25.9 Å². The average molecular weight is 285 g/mol. The number of aromatic nitrogens is 2. The third-order valence-electron chi connectivity index (χ3n) is 1.80. The van der Waals surface area contributed by atoms with Gasteiger partial charge in [-0.15, -0.1) is 11.3 Å². The molecule has 0 aliphatic rings. The van der Waals surface area contributed by atoms with Crippen LogP contribution in [0.1, 0.15) is 5.69 Å². The van der Waals surface area contributed by atoms with E-state index in [1.165, 1.54) is 0 Å². The van der Waals surface area contributed by atoms with Gasteiger partial charge in [-0.1, -0.05) is 0 Å². The summed E-state index contributed by atoms with van der Waals surface area (Å²) in [6, 6.07) is 2.00. The van der Waals surface area contributed by atoms with Crippen molar-refractivity contribution in [3.8, 4) is 10.6 Å². The third kappa shape index (κ3) is 2.62. The van der Waals surface area contributed by atoms with Crippen molar-refractivity contribution in [2.45, 2.75) is 6.61 Å². The van der Waals surface area contributed by atoms with Gasteiger partial charge in [-0.05, 0) is 22.0 Å². The van der Waals surface area contributed by atoms with Crippen LogP contribution in [0.3, 0.4) is 0 Å². The molecule has 3 nitrogen and oxygen atoms in total. The fourth-order valence-corrected chi connectivity index (χ4v) is 2.33. The van der Waals surface area contributed by atoms with Crippen molar-refractivity contribution in [3.05, 3.63) is 34.0 Å². The van der Waals surface area contributed by atoms with Gasteiger partial charge in [-0.3, -0.25) is 4.98 Å². The molecule has 0 saturated heterocycles. The largest absolute Gasteiger partial charge is 0.378 e. The molecule has 78 valence electrons. The van der Waals surface area contributed by atoms with Gasteiger partial charge in [0.25, 0.3) is 0 Å². The van der Waals surface area contributed by atoms with Gasteiger partial charge in [-0.25, -0.2) is 4.98 Å². The van der Waals surface area contributed by atoms with E-state index in [-0.39, 0.29) is 0 Å². The SMILES string of the molecule is COCc1csc(-c2cncc(Br)c2)n1. The Bertz CT molecular complexity index is 458. The zero-order chi connectivity index (χ0) is 10.7.